The van der Waals surface area contributed by atoms with Gasteiger partial charge in [0.15, 0.2) is 0 Å². The fraction of sp³-hybridized carbons (Fsp3) is 0.769. The highest BCUT2D eigenvalue weighted by molar-refractivity contribution is 5.14. The van der Waals surface area contributed by atoms with Gasteiger partial charge in [0, 0.05) is 12.7 Å². The summed E-state index contributed by atoms with van der Waals surface area (Å²) in [5.74, 6) is 0.588. The highest BCUT2D eigenvalue weighted by atomic mass is 16.3. The highest BCUT2D eigenvalue weighted by Gasteiger charge is 2.34. The average Bonchev–Trinajstić information content (AvgIpc) is 2.71. The molecule has 0 saturated heterocycles. The molecule has 1 aromatic rings. The molecule has 1 fully saturated rings. The van der Waals surface area contributed by atoms with Crippen LogP contribution < -0.4 is 5.73 Å². The SMILES string of the molecule is CC(C)Cn1ccc(C2(N)CCC(O)CC2)n1. The molecule has 1 aliphatic carbocycles. The first kappa shape index (κ1) is 12.6. The van der Waals surface area contributed by atoms with Gasteiger partial charge in [-0.05, 0) is 37.7 Å². The van der Waals surface area contributed by atoms with E-state index in [1.165, 1.54) is 0 Å². The third-order valence-electron chi connectivity index (χ3n) is 3.55. The molecule has 96 valence electrons. The molecular weight excluding hydrogens is 214 g/mol. The molecule has 1 heterocycles. The maximum atomic E-state index is 9.53. The number of aromatic nitrogens is 2. The van der Waals surface area contributed by atoms with Gasteiger partial charge in [0.2, 0.25) is 0 Å². The molecule has 0 bridgehead atoms. The van der Waals surface area contributed by atoms with Gasteiger partial charge in [0.1, 0.15) is 0 Å². The fourth-order valence-electron chi connectivity index (χ4n) is 2.48. The lowest BCUT2D eigenvalue weighted by atomic mass is 9.79. The van der Waals surface area contributed by atoms with Crippen LogP contribution in [-0.4, -0.2) is 21.0 Å². The molecule has 2 rings (SSSR count). The van der Waals surface area contributed by atoms with Gasteiger partial charge in [0.25, 0.3) is 0 Å². The monoisotopic (exact) mass is 237 g/mol. The first-order valence-electron chi connectivity index (χ1n) is 6.50. The van der Waals surface area contributed by atoms with Crippen molar-refractivity contribution in [3.8, 4) is 0 Å². The Hall–Kier alpha value is -0.870. The van der Waals surface area contributed by atoms with Crippen molar-refractivity contribution < 1.29 is 5.11 Å². The number of aliphatic hydroxyl groups is 1. The van der Waals surface area contributed by atoms with Gasteiger partial charge in [-0.2, -0.15) is 5.10 Å². The molecule has 1 aliphatic rings. The Balaban J connectivity index is 2.08. The lowest BCUT2D eigenvalue weighted by Gasteiger charge is -2.34. The van der Waals surface area contributed by atoms with E-state index in [0.29, 0.717) is 5.92 Å². The van der Waals surface area contributed by atoms with Gasteiger partial charge in [-0.1, -0.05) is 13.8 Å². The van der Waals surface area contributed by atoms with Crippen molar-refractivity contribution in [2.45, 2.75) is 57.7 Å². The van der Waals surface area contributed by atoms with Crippen LogP contribution in [0.2, 0.25) is 0 Å². The molecule has 0 spiro atoms. The third kappa shape index (κ3) is 2.87. The van der Waals surface area contributed by atoms with Crippen molar-refractivity contribution in [1.29, 1.82) is 0 Å². The van der Waals surface area contributed by atoms with Crippen molar-refractivity contribution >= 4 is 0 Å². The van der Waals surface area contributed by atoms with Crippen molar-refractivity contribution in [3.63, 3.8) is 0 Å². The zero-order chi connectivity index (χ0) is 12.5. The zero-order valence-electron chi connectivity index (χ0n) is 10.8. The average molecular weight is 237 g/mol. The van der Waals surface area contributed by atoms with E-state index in [-0.39, 0.29) is 11.6 Å². The number of aliphatic hydroxyl groups excluding tert-OH is 1. The maximum absolute atomic E-state index is 9.53. The zero-order valence-corrected chi connectivity index (χ0v) is 10.8. The number of hydrogen-bond donors (Lipinski definition) is 2. The summed E-state index contributed by atoms with van der Waals surface area (Å²) in [6.07, 6.45) is 5.06. The number of nitrogens with two attached hydrogens (primary N) is 1. The van der Waals surface area contributed by atoms with E-state index in [2.05, 4.69) is 18.9 Å². The Morgan fingerprint density at radius 1 is 1.53 bits per heavy atom. The first-order chi connectivity index (χ1) is 7.99. The number of nitrogens with zero attached hydrogens (tertiary/aromatic N) is 2. The minimum absolute atomic E-state index is 0.176. The number of hydrogen-bond acceptors (Lipinski definition) is 3. The van der Waals surface area contributed by atoms with Gasteiger partial charge >= 0.3 is 0 Å². The lowest BCUT2D eigenvalue weighted by Crippen LogP contribution is -2.42. The molecule has 0 unspecified atom stereocenters. The standard InChI is InChI=1S/C13H23N3O/c1-10(2)9-16-8-5-12(15-16)13(14)6-3-11(17)4-7-13/h5,8,10-11,17H,3-4,6-7,9,14H2,1-2H3. The van der Waals surface area contributed by atoms with E-state index in [1.807, 2.05) is 16.9 Å². The third-order valence-corrected chi connectivity index (χ3v) is 3.55. The van der Waals surface area contributed by atoms with E-state index in [9.17, 15) is 5.11 Å². The van der Waals surface area contributed by atoms with Crippen LogP contribution in [0.4, 0.5) is 0 Å². The van der Waals surface area contributed by atoms with Gasteiger partial charge in [0.05, 0.1) is 17.3 Å². The second-order valence-corrected chi connectivity index (χ2v) is 5.70. The van der Waals surface area contributed by atoms with Crippen LogP contribution in [-0.2, 0) is 12.1 Å². The van der Waals surface area contributed by atoms with Crippen molar-refractivity contribution in [3.05, 3.63) is 18.0 Å². The second kappa shape index (κ2) is 4.78. The highest BCUT2D eigenvalue weighted by Crippen LogP contribution is 2.33. The molecule has 1 saturated carbocycles. The summed E-state index contributed by atoms with van der Waals surface area (Å²) >= 11 is 0. The predicted octanol–water partition coefficient (Wildman–Crippen LogP) is 1.63. The Labute approximate surface area is 103 Å². The largest absolute Gasteiger partial charge is 0.393 e. The van der Waals surface area contributed by atoms with Crippen molar-refractivity contribution in [2.24, 2.45) is 11.7 Å². The van der Waals surface area contributed by atoms with Crippen LogP contribution in [0.3, 0.4) is 0 Å². The molecule has 3 N–H and O–H groups in total. The Kier molecular flexibility index (Phi) is 3.54. The topological polar surface area (TPSA) is 64.1 Å². The smallest absolute Gasteiger partial charge is 0.0823 e. The minimum atomic E-state index is -0.332. The Morgan fingerprint density at radius 2 is 2.18 bits per heavy atom. The van der Waals surface area contributed by atoms with Crippen LogP contribution >= 0.6 is 0 Å². The minimum Gasteiger partial charge on any atom is -0.393 e. The molecule has 1 aromatic heterocycles. The molecule has 17 heavy (non-hydrogen) atoms. The van der Waals surface area contributed by atoms with Crippen LogP contribution in [0.1, 0.15) is 45.2 Å². The van der Waals surface area contributed by atoms with Crippen molar-refractivity contribution in [1.82, 2.24) is 9.78 Å². The number of rotatable bonds is 3. The molecule has 0 amide bonds. The van der Waals surface area contributed by atoms with Gasteiger partial charge in [-0.25, -0.2) is 0 Å². The quantitative estimate of drug-likeness (QED) is 0.839. The molecular formula is C13H23N3O. The summed E-state index contributed by atoms with van der Waals surface area (Å²) in [6.45, 7) is 5.28. The Morgan fingerprint density at radius 3 is 2.76 bits per heavy atom. The van der Waals surface area contributed by atoms with Crippen LogP contribution in [0.15, 0.2) is 12.3 Å². The van der Waals surface area contributed by atoms with Gasteiger partial charge < -0.3 is 10.8 Å². The van der Waals surface area contributed by atoms with Crippen LogP contribution in [0.5, 0.6) is 0 Å². The van der Waals surface area contributed by atoms with E-state index >= 15 is 0 Å². The van der Waals surface area contributed by atoms with Gasteiger partial charge in [-0.15, -0.1) is 0 Å². The van der Waals surface area contributed by atoms with E-state index in [0.717, 1.165) is 37.9 Å². The summed E-state index contributed by atoms with van der Waals surface area (Å²) in [5.41, 5.74) is 7.04. The molecule has 4 heteroatoms. The summed E-state index contributed by atoms with van der Waals surface area (Å²) in [4.78, 5) is 0. The summed E-state index contributed by atoms with van der Waals surface area (Å²) in [6, 6.07) is 2.03. The summed E-state index contributed by atoms with van der Waals surface area (Å²) in [7, 11) is 0. The second-order valence-electron chi connectivity index (χ2n) is 5.70. The maximum Gasteiger partial charge on any atom is 0.0823 e. The summed E-state index contributed by atoms with van der Waals surface area (Å²) in [5, 5.41) is 14.1. The van der Waals surface area contributed by atoms with Crippen LogP contribution in [0, 0.1) is 5.92 Å². The first-order valence-corrected chi connectivity index (χ1v) is 6.50. The lowest BCUT2D eigenvalue weighted by molar-refractivity contribution is 0.0953. The molecule has 0 atom stereocenters. The van der Waals surface area contributed by atoms with E-state index in [1.54, 1.807) is 0 Å². The van der Waals surface area contributed by atoms with Gasteiger partial charge in [-0.3, -0.25) is 4.68 Å². The fourth-order valence-corrected chi connectivity index (χ4v) is 2.48. The van der Waals surface area contributed by atoms with E-state index < -0.39 is 0 Å². The summed E-state index contributed by atoms with van der Waals surface area (Å²) < 4.78 is 1.97. The predicted molar refractivity (Wildman–Crippen MR) is 67.4 cm³/mol. The Bertz CT molecular complexity index is 364. The normalized spacial score (nSPS) is 29.8. The van der Waals surface area contributed by atoms with E-state index in [4.69, 9.17) is 5.73 Å². The van der Waals surface area contributed by atoms with Crippen molar-refractivity contribution in [2.75, 3.05) is 0 Å². The van der Waals surface area contributed by atoms with Crippen LogP contribution in [0.25, 0.3) is 0 Å². The molecule has 4 nitrogen and oxygen atoms in total. The molecule has 0 radical (unpaired) electrons. The molecule has 0 aromatic carbocycles. The molecule has 0 aliphatic heterocycles.